The van der Waals surface area contributed by atoms with E-state index in [0.717, 1.165) is 25.2 Å². The minimum Gasteiger partial charge on any atom is -0.0986 e. The molecule has 0 saturated heterocycles. The molecule has 3 aliphatic carbocycles. The van der Waals surface area contributed by atoms with Crippen molar-refractivity contribution in [3.63, 3.8) is 0 Å². The average molecular weight is 491 g/mol. The van der Waals surface area contributed by atoms with E-state index in [9.17, 15) is 0 Å². The first-order valence-corrected chi connectivity index (χ1v) is 14.6. The Kier molecular flexibility index (Phi) is 7.23. The number of hydrogen-bond donors (Lipinski definition) is 0. The molecular formula is C37H46. The van der Waals surface area contributed by atoms with E-state index in [-0.39, 0.29) is 0 Å². The van der Waals surface area contributed by atoms with Crippen LogP contribution in [0.1, 0.15) is 87.1 Å². The van der Waals surface area contributed by atoms with Gasteiger partial charge in [-0.2, -0.15) is 0 Å². The maximum atomic E-state index is 4.61. The van der Waals surface area contributed by atoms with Gasteiger partial charge in [0.15, 0.2) is 0 Å². The molecule has 5 rings (SSSR count). The number of aryl methyl sites for hydroxylation is 2. The van der Waals surface area contributed by atoms with Crippen LogP contribution in [-0.2, 0) is 12.8 Å². The molecule has 0 aliphatic heterocycles. The smallest absolute Gasteiger partial charge is 0.00827 e. The molecular weight excluding hydrogens is 444 g/mol. The Hall–Kier alpha value is -2.60. The maximum absolute atomic E-state index is 4.61. The largest absolute Gasteiger partial charge is 0.0986 e. The molecule has 0 heteroatoms. The third kappa shape index (κ3) is 5.64. The Bertz CT molecular complexity index is 1270. The monoisotopic (exact) mass is 490 g/mol. The van der Waals surface area contributed by atoms with Gasteiger partial charge in [0.25, 0.3) is 0 Å². The first kappa shape index (κ1) is 26.0. The van der Waals surface area contributed by atoms with Crippen LogP contribution in [0.2, 0.25) is 0 Å². The summed E-state index contributed by atoms with van der Waals surface area (Å²) in [5.41, 5.74) is 14.7. The third-order valence-corrected chi connectivity index (χ3v) is 9.12. The van der Waals surface area contributed by atoms with Gasteiger partial charge in [0, 0.05) is 5.92 Å². The fourth-order valence-corrected chi connectivity index (χ4v) is 6.88. The Balaban J connectivity index is 1.39. The van der Waals surface area contributed by atoms with Crippen LogP contribution in [0.15, 0.2) is 72.4 Å². The molecule has 37 heavy (non-hydrogen) atoms. The Morgan fingerprint density at radius 1 is 1.00 bits per heavy atom. The first-order chi connectivity index (χ1) is 17.6. The summed E-state index contributed by atoms with van der Waals surface area (Å²) >= 11 is 0. The summed E-state index contributed by atoms with van der Waals surface area (Å²) in [6.45, 7) is 20.6. The molecule has 0 bridgehead atoms. The van der Waals surface area contributed by atoms with Crippen molar-refractivity contribution in [2.24, 2.45) is 23.2 Å². The van der Waals surface area contributed by atoms with Crippen LogP contribution < -0.4 is 0 Å². The van der Waals surface area contributed by atoms with Gasteiger partial charge < -0.3 is 0 Å². The van der Waals surface area contributed by atoms with Crippen molar-refractivity contribution in [3.8, 4) is 11.1 Å². The van der Waals surface area contributed by atoms with Gasteiger partial charge in [-0.1, -0.05) is 118 Å². The van der Waals surface area contributed by atoms with Gasteiger partial charge in [0.1, 0.15) is 0 Å². The van der Waals surface area contributed by atoms with Gasteiger partial charge in [0.05, 0.1) is 0 Å². The summed E-state index contributed by atoms with van der Waals surface area (Å²) in [7, 11) is 0. The van der Waals surface area contributed by atoms with Crippen LogP contribution in [-0.4, -0.2) is 0 Å². The zero-order chi connectivity index (χ0) is 26.3. The van der Waals surface area contributed by atoms with E-state index in [1.165, 1.54) is 82.2 Å². The van der Waals surface area contributed by atoms with Gasteiger partial charge in [0.2, 0.25) is 0 Å². The number of fused-ring (bicyclic) bond motifs is 1. The number of rotatable bonds is 7. The van der Waals surface area contributed by atoms with Gasteiger partial charge in [-0.05, 0) is 102 Å². The van der Waals surface area contributed by atoms with Crippen LogP contribution in [0.3, 0.4) is 0 Å². The minimum absolute atomic E-state index is 0.293. The van der Waals surface area contributed by atoms with Crippen molar-refractivity contribution < 1.29 is 0 Å². The van der Waals surface area contributed by atoms with E-state index < -0.39 is 0 Å². The highest BCUT2D eigenvalue weighted by Crippen LogP contribution is 2.44. The molecule has 3 aliphatic rings. The molecule has 0 aromatic heterocycles. The van der Waals surface area contributed by atoms with Crippen molar-refractivity contribution >= 4 is 6.08 Å². The van der Waals surface area contributed by atoms with E-state index in [0.29, 0.717) is 17.3 Å². The van der Waals surface area contributed by atoms with Gasteiger partial charge in [-0.15, -0.1) is 0 Å². The number of benzene rings is 2. The molecule has 1 saturated carbocycles. The second-order valence-corrected chi connectivity index (χ2v) is 13.4. The number of hydrogen-bond acceptors (Lipinski definition) is 0. The molecule has 0 amide bonds. The average Bonchev–Trinajstić information content (AvgIpc) is 3.20. The van der Waals surface area contributed by atoms with Crippen molar-refractivity contribution in [2.45, 2.75) is 86.0 Å². The lowest BCUT2D eigenvalue weighted by atomic mass is 9.71. The minimum atomic E-state index is 0.293. The summed E-state index contributed by atoms with van der Waals surface area (Å²) in [5, 5.41) is 0. The highest BCUT2D eigenvalue weighted by Gasteiger charge is 2.30. The fraction of sp³-hybridized carbons (Fsp3) is 0.459. The zero-order valence-electron chi connectivity index (χ0n) is 23.9. The predicted octanol–water partition coefficient (Wildman–Crippen LogP) is 10.4. The highest BCUT2D eigenvalue weighted by molar-refractivity contribution is 5.80. The third-order valence-electron chi connectivity index (χ3n) is 9.12. The zero-order valence-corrected chi connectivity index (χ0v) is 23.9. The lowest BCUT2D eigenvalue weighted by molar-refractivity contribution is 0.296. The van der Waals surface area contributed by atoms with Crippen LogP contribution in [0.4, 0.5) is 0 Å². The SMILES string of the molecule is C=C1C=CC(CC(C)(C)C)C(=C)C1CC1=Cc2cccc(-c3cc(C)cc(C)c3CCC3CCC3)c2C1. The highest BCUT2D eigenvalue weighted by atomic mass is 14.3. The molecule has 0 heterocycles. The molecule has 194 valence electrons. The van der Waals surface area contributed by atoms with Crippen molar-refractivity contribution in [2.75, 3.05) is 0 Å². The fourth-order valence-electron chi connectivity index (χ4n) is 6.88. The molecule has 2 atom stereocenters. The second kappa shape index (κ2) is 10.3. The molecule has 2 aromatic carbocycles. The molecule has 0 nitrogen and oxygen atoms in total. The van der Waals surface area contributed by atoms with Gasteiger partial charge in [-0.25, -0.2) is 0 Å². The molecule has 0 N–H and O–H groups in total. The number of allylic oxidation sites excluding steroid dienone is 5. The van der Waals surface area contributed by atoms with E-state index in [2.05, 4.69) is 96.3 Å². The Morgan fingerprint density at radius 3 is 2.49 bits per heavy atom. The van der Waals surface area contributed by atoms with E-state index >= 15 is 0 Å². The lowest BCUT2D eigenvalue weighted by Gasteiger charge is -2.33. The van der Waals surface area contributed by atoms with Crippen LogP contribution in [0.5, 0.6) is 0 Å². The Labute approximate surface area is 226 Å². The van der Waals surface area contributed by atoms with Gasteiger partial charge in [-0.3, -0.25) is 0 Å². The molecule has 0 spiro atoms. The lowest BCUT2D eigenvalue weighted by Crippen LogP contribution is -2.21. The summed E-state index contributed by atoms with van der Waals surface area (Å²) in [6, 6.07) is 11.8. The summed E-state index contributed by atoms with van der Waals surface area (Å²) in [6.07, 6.45) is 17.1. The van der Waals surface area contributed by atoms with Crippen molar-refractivity contribution in [1.29, 1.82) is 0 Å². The maximum Gasteiger partial charge on any atom is 0.00827 e. The molecule has 0 radical (unpaired) electrons. The van der Waals surface area contributed by atoms with E-state index in [1.807, 2.05) is 0 Å². The van der Waals surface area contributed by atoms with Crippen LogP contribution >= 0.6 is 0 Å². The standard InChI is InChI=1S/C37H46/c1-24-18-26(3)32(17-15-28-10-8-11-28)36(19-24)33-13-9-12-30-20-29(22-35(30)33)21-34-25(2)14-16-31(27(34)4)23-37(5,6)7/h9,12-14,16,18-20,28,31,34H,2,4,8,10-11,15,17,21-23H2,1,3,5-7H3. The quantitative estimate of drug-likeness (QED) is 0.339. The van der Waals surface area contributed by atoms with Gasteiger partial charge >= 0.3 is 0 Å². The summed E-state index contributed by atoms with van der Waals surface area (Å²) in [5.74, 6) is 1.74. The van der Waals surface area contributed by atoms with E-state index in [4.69, 9.17) is 0 Å². The predicted molar refractivity (Wildman–Crippen MR) is 162 cm³/mol. The normalized spacial score (nSPS) is 21.7. The van der Waals surface area contributed by atoms with E-state index in [1.54, 1.807) is 5.56 Å². The topological polar surface area (TPSA) is 0 Å². The second-order valence-electron chi connectivity index (χ2n) is 13.4. The Morgan fingerprint density at radius 2 is 1.78 bits per heavy atom. The van der Waals surface area contributed by atoms with Crippen LogP contribution in [0, 0.1) is 37.0 Å². The molecule has 2 aromatic rings. The van der Waals surface area contributed by atoms with Crippen molar-refractivity contribution in [1.82, 2.24) is 0 Å². The van der Waals surface area contributed by atoms with Crippen molar-refractivity contribution in [3.05, 3.63) is 100 Å². The molecule has 1 fully saturated rings. The van der Waals surface area contributed by atoms with Crippen LogP contribution in [0.25, 0.3) is 17.2 Å². The molecule has 2 unspecified atom stereocenters. The first-order valence-electron chi connectivity index (χ1n) is 14.6. The summed E-state index contributed by atoms with van der Waals surface area (Å²) in [4.78, 5) is 0. The summed E-state index contributed by atoms with van der Waals surface area (Å²) < 4.78 is 0.